The number of thioether (sulfide) groups is 1. The van der Waals surface area contributed by atoms with E-state index >= 15 is 0 Å². The van der Waals surface area contributed by atoms with Crippen molar-refractivity contribution < 1.29 is 27.9 Å². The van der Waals surface area contributed by atoms with Gasteiger partial charge >= 0.3 is 12.1 Å². The van der Waals surface area contributed by atoms with Crippen molar-refractivity contribution in [3.8, 4) is 11.8 Å². The Kier molecular flexibility index (Phi) is 5.85. The monoisotopic (exact) mass is 316 g/mol. The fourth-order valence-corrected chi connectivity index (χ4v) is 1.89. The first-order valence-corrected chi connectivity index (χ1v) is 6.76. The van der Waals surface area contributed by atoms with E-state index in [9.17, 15) is 22.8 Å². The molecule has 0 radical (unpaired) electrons. The summed E-state index contributed by atoms with van der Waals surface area (Å²) in [6, 6.07) is 2.46. The van der Waals surface area contributed by atoms with Crippen LogP contribution >= 0.6 is 11.8 Å². The van der Waals surface area contributed by atoms with Crippen molar-refractivity contribution in [2.75, 3.05) is 5.75 Å². The molecule has 1 aromatic rings. The van der Waals surface area contributed by atoms with Gasteiger partial charge in [0.05, 0.1) is 11.1 Å². The number of carboxylic acid groups (broad SMARTS) is 1. The maximum Gasteiger partial charge on any atom is 0.416 e. The van der Waals surface area contributed by atoms with Gasteiger partial charge < -0.3 is 5.11 Å². The predicted octanol–water partition coefficient (Wildman–Crippen LogP) is 3.42. The van der Waals surface area contributed by atoms with Crippen LogP contribution in [0.3, 0.4) is 0 Å². The van der Waals surface area contributed by atoms with Crippen LogP contribution in [-0.4, -0.2) is 21.9 Å². The number of hydrogen-bond acceptors (Lipinski definition) is 3. The van der Waals surface area contributed by atoms with E-state index in [-0.39, 0.29) is 10.7 Å². The smallest absolute Gasteiger partial charge is 0.416 e. The highest BCUT2D eigenvalue weighted by Crippen LogP contribution is 2.30. The molecular formula is C14H11F3O3S. The Morgan fingerprint density at radius 2 is 1.95 bits per heavy atom. The number of benzene rings is 1. The first kappa shape index (κ1) is 17.1. The van der Waals surface area contributed by atoms with E-state index in [1.54, 1.807) is 0 Å². The topological polar surface area (TPSA) is 54.4 Å². The maximum atomic E-state index is 12.7. The molecule has 0 saturated carbocycles. The zero-order chi connectivity index (χ0) is 16.0. The first-order chi connectivity index (χ1) is 9.70. The Morgan fingerprint density at radius 1 is 1.29 bits per heavy atom. The summed E-state index contributed by atoms with van der Waals surface area (Å²) >= 11 is 1.07. The molecule has 0 atom stereocenters. The Hall–Kier alpha value is -1.94. The van der Waals surface area contributed by atoms with Crippen LogP contribution in [0.2, 0.25) is 0 Å². The van der Waals surface area contributed by atoms with Crippen molar-refractivity contribution in [1.82, 2.24) is 0 Å². The van der Waals surface area contributed by atoms with E-state index in [0.29, 0.717) is 18.2 Å². The van der Waals surface area contributed by atoms with Crippen LogP contribution in [0, 0.1) is 11.8 Å². The summed E-state index contributed by atoms with van der Waals surface area (Å²) in [6.07, 6.45) is -4.31. The van der Waals surface area contributed by atoms with Crippen LogP contribution in [0.5, 0.6) is 0 Å². The van der Waals surface area contributed by atoms with E-state index in [4.69, 9.17) is 5.11 Å². The summed E-state index contributed by atoms with van der Waals surface area (Å²) in [6.45, 7) is 1.41. The molecule has 1 rings (SSSR count). The minimum absolute atomic E-state index is 0.0185. The van der Waals surface area contributed by atoms with Gasteiger partial charge in [-0.25, -0.2) is 4.79 Å². The van der Waals surface area contributed by atoms with Gasteiger partial charge in [0, 0.05) is 24.7 Å². The van der Waals surface area contributed by atoms with Crippen molar-refractivity contribution in [1.29, 1.82) is 0 Å². The van der Waals surface area contributed by atoms with E-state index < -0.39 is 23.3 Å². The summed E-state index contributed by atoms with van der Waals surface area (Å²) < 4.78 is 38.0. The Balaban J connectivity index is 2.96. The molecule has 0 fully saturated rings. The van der Waals surface area contributed by atoms with E-state index in [0.717, 1.165) is 23.9 Å². The summed E-state index contributed by atoms with van der Waals surface area (Å²) in [5, 5.41) is 8.75. The highest BCUT2D eigenvalue weighted by molar-refractivity contribution is 8.13. The number of alkyl halides is 3. The van der Waals surface area contributed by atoms with Crippen LogP contribution in [0.1, 0.15) is 34.8 Å². The third kappa shape index (κ3) is 5.92. The molecule has 0 aliphatic carbocycles. The highest BCUT2D eigenvalue weighted by atomic mass is 32.2. The summed E-state index contributed by atoms with van der Waals surface area (Å²) in [4.78, 5) is 21.5. The molecular weight excluding hydrogens is 305 g/mol. The lowest BCUT2D eigenvalue weighted by Gasteiger charge is -2.08. The van der Waals surface area contributed by atoms with Crippen LogP contribution in [0.25, 0.3) is 0 Å². The van der Waals surface area contributed by atoms with Crippen LogP contribution in [0.4, 0.5) is 13.2 Å². The molecule has 0 spiro atoms. The van der Waals surface area contributed by atoms with Gasteiger partial charge in [0.2, 0.25) is 0 Å². The number of carbonyl (C=O) groups is 2. The van der Waals surface area contributed by atoms with E-state index in [2.05, 4.69) is 11.8 Å². The number of carboxylic acids is 1. The zero-order valence-electron chi connectivity index (χ0n) is 11.0. The fraction of sp³-hybridized carbons (Fsp3) is 0.286. The average molecular weight is 316 g/mol. The van der Waals surface area contributed by atoms with E-state index in [1.807, 2.05) is 0 Å². The molecule has 0 bridgehead atoms. The van der Waals surface area contributed by atoms with Gasteiger partial charge in [0.15, 0.2) is 5.12 Å². The third-order valence-corrected chi connectivity index (χ3v) is 3.09. The molecule has 0 aromatic heterocycles. The number of halogens is 3. The van der Waals surface area contributed by atoms with Gasteiger partial charge in [0.1, 0.15) is 0 Å². The van der Waals surface area contributed by atoms with Gasteiger partial charge in [-0.3, -0.25) is 4.79 Å². The number of aromatic carboxylic acids is 1. The average Bonchev–Trinajstić information content (AvgIpc) is 2.36. The van der Waals surface area contributed by atoms with Crippen molar-refractivity contribution in [3.63, 3.8) is 0 Å². The van der Waals surface area contributed by atoms with Crippen molar-refractivity contribution >= 4 is 22.8 Å². The van der Waals surface area contributed by atoms with E-state index in [1.165, 1.54) is 6.92 Å². The quantitative estimate of drug-likeness (QED) is 0.686. The van der Waals surface area contributed by atoms with Crippen molar-refractivity contribution in [3.05, 3.63) is 34.9 Å². The second kappa shape index (κ2) is 7.18. The summed E-state index contributed by atoms with van der Waals surface area (Å²) in [5.41, 5.74) is -1.54. The number of carbonyl (C=O) groups excluding carboxylic acids is 1. The Bertz CT molecular complexity index is 612. The second-order valence-electron chi connectivity index (χ2n) is 3.99. The minimum Gasteiger partial charge on any atom is -0.478 e. The standard InChI is InChI=1S/C14H11F3O3S/c1-9(18)21-5-3-2-4-10-6-11(13(19)20)8-12(7-10)14(15,16)17/h6-8H,3,5H2,1H3,(H,19,20). The predicted molar refractivity (Wildman–Crippen MR) is 73.0 cm³/mol. The van der Waals surface area contributed by atoms with Gasteiger partial charge in [0.25, 0.3) is 0 Å². The molecule has 0 amide bonds. The number of hydrogen-bond donors (Lipinski definition) is 1. The normalized spacial score (nSPS) is 10.7. The van der Waals surface area contributed by atoms with Crippen LogP contribution in [-0.2, 0) is 11.0 Å². The molecule has 3 nitrogen and oxygen atoms in total. The molecule has 112 valence electrons. The van der Waals surface area contributed by atoms with Crippen LogP contribution in [0.15, 0.2) is 18.2 Å². The lowest BCUT2D eigenvalue weighted by Crippen LogP contribution is -2.08. The largest absolute Gasteiger partial charge is 0.478 e. The lowest BCUT2D eigenvalue weighted by molar-refractivity contribution is -0.137. The zero-order valence-corrected chi connectivity index (χ0v) is 11.8. The third-order valence-electron chi connectivity index (χ3n) is 2.27. The molecule has 0 heterocycles. The molecule has 0 unspecified atom stereocenters. The maximum absolute atomic E-state index is 12.7. The molecule has 0 aliphatic heterocycles. The van der Waals surface area contributed by atoms with Crippen LogP contribution < -0.4 is 0 Å². The lowest BCUT2D eigenvalue weighted by atomic mass is 10.1. The summed E-state index contributed by atoms with van der Waals surface area (Å²) in [5.74, 6) is 4.10. The summed E-state index contributed by atoms with van der Waals surface area (Å²) in [7, 11) is 0. The Labute approximate surface area is 123 Å². The molecule has 1 N–H and O–H groups in total. The second-order valence-corrected chi connectivity index (χ2v) is 5.27. The minimum atomic E-state index is -4.63. The van der Waals surface area contributed by atoms with Crippen molar-refractivity contribution in [2.45, 2.75) is 19.5 Å². The van der Waals surface area contributed by atoms with Gasteiger partial charge in [-0.05, 0) is 18.2 Å². The molecule has 0 aliphatic rings. The van der Waals surface area contributed by atoms with Gasteiger partial charge in [-0.15, -0.1) is 0 Å². The van der Waals surface area contributed by atoms with Crippen molar-refractivity contribution in [2.24, 2.45) is 0 Å². The molecule has 1 aromatic carbocycles. The number of rotatable bonds is 3. The first-order valence-electron chi connectivity index (χ1n) is 5.78. The highest BCUT2D eigenvalue weighted by Gasteiger charge is 2.31. The SMILES string of the molecule is CC(=O)SCCC#Cc1cc(C(=O)O)cc(C(F)(F)F)c1. The Morgan fingerprint density at radius 3 is 2.48 bits per heavy atom. The fourth-order valence-electron chi connectivity index (χ4n) is 1.40. The van der Waals surface area contributed by atoms with Gasteiger partial charge in [-0.2, -0.15) is 13.2 Å². The van der Waals surface area contributed by atoms with Gasteiger partial charge in [-0.1, -0.05) is 23.6 Å². The molecule has 21 heavy (non-hydrogen) atoms. The molecule has 7 heteroatoms. The molecule has 0 saturated heterocycles.